The van der Waals surface area contributed by atoms with E-state index in [0.717, 1.165) is 16.8 Å². The van der Waals surface area contributed by atoms with Crippen LogP contribution in [-0.4, -0.2) is 62.9 Å². The van der Waals surface area contributed by atoms with E-state index in [0.29, 0.717) is 35.3 Å². The van der Waals surface area contributed by atoms with Crippen molar-refractivity contribution in [2.45, 2.75) is 12.3 Å². The minimum absolute atomic E-state index is 0.0361. The van der Waals surface area contributed by atoms with E-state index in [1.807, 2.05) is 13.0 Å². The number of aliphatic hydroxyl groups is 1. The third kappa shape index (κ3) is 3.63. The molecule has 164 valence electrons. The van der Waals surface area contributed by atoms with Gasteiger partial charge < -0.3 is 20.6 Å². The van der Waals surface area contributed by atoms with E-state index in [-0.39, 0.29) is 12.5 Å². The summed E-state index contributed by atoms with van der Waals surface area (Å²) < 4.78 is 1.50. The smallest absolute Gasteiger partial charge is 0.271 e. The average Bonchev–Trinajstić information content (AvgIpc) is 3.32. The van der Waals surface area contributed by atoms with E-state index in [1.54, 1.807) is 45.5 Å². The van der Waals surface area contributed by atoms with Gasteiger partial charge in [0.2, 0.25) is 5.95 Å². The van der Waals surface area contributed by atoms with Gasteiger partial charge in [0.25, 0.3) is 5.91 Å². The number of hydrogen-bond donors (Lipinski definition) is 3. The number of benzene rings is 1. The number of carbonyl (C=O) groups excluding carboxylic acids is 1. The molecule has 1 aliphatic rings. The van der Waals surface area contributed by atoms with Crippen molar-refractivity contribution in [2.24, 2.45) is 7.05 Å². The number of nitrogens with one attached hydrogen (secondary N) is 2. The number of rotatable bonds is 5. The molecule has 0 saturated carbocycles. The predicted molar refractivity (Wildman–Crippen MR) is 120 cm³/mol. The number of hydrogen-bond acceptors (Lipinski definition) is 8. The maximum absolute atomic E-state index is 12.3. The van der Waals surface area contributed by atoms with E-state index in [1.165, 1.54) is 9.58 Å². The topological polar surface area (TPSA) is 132 Å². The number of nitrogens with zero attached hydrogens (tertiary/aromatic N) is 6. The van der Waals surface area contributed by atoms with Crippen molar-refractivity contribution in [3.05, 3.63) is 47.3 Å². The first-order chi connectivity index (χ1) is 15.3. The number of anilines is 3. The summed E-state index contributed by atoms with van der Waals surface area (Å²) in [5, 5.41) is 30.1. The van der Waals surface area contributed by atoms with Crippen LogP contribution >= 0.6 is 0 Å². The maximum atomic E-state index is 12.3. The molecule has 10 nitrogen and oxygen atoms in total. The van der Waals surface area contributed by atoms with E-state index in [4.69, 9.17) is 0 Å². The summed E-state index contributed by atoms with van der Waals surface area (Å²) in [4.78, 5) is 22.6. The number of nitriles is 1. The lowest BCUT2D eigenvalue weighted by molar-refractivity contribution is 0.0817. The van der Waals surface area contributed by atoms with Gasteiger partial charge in [-0.3, -0.25) is 9.48 Å². The van der Waals surface area contributed by atoms with Crippen LogP contribution < -0.4 is 10.6 Å². The molecule has 0 fully saturated rings. The molecule has 10 heteroatoms. The van der Waals surface area contributed by atoms with Gasteiger partial charge in [-0.1, -0.05) is 6.92 Å². The second kappa shape index (κ2) is 7.94. The van der Waals surface area contributed by atoms with Crippen molar-refractivity contribution in [3.8, 4) is 17.3 Å². The lowest BCUT2D eigenvalue weighted by atomic mass is 9.83. The molecule has 0 aliphatic carbocycles. The van der Waals surface area contributed by atoms with Gasteiger partial charge in [0, 0.05) is 50.9 Å². The first-order valence-corrected chi connectivity index (χ1v) is 10.1. The highest BCUT2D eigenvalue weighted by atomic mass is 16.3. The number of fused-ring (bicyclic) bond motifs is 1. The highest BCUT2D eigenvalue weighted by molar-refractivity contribution is 5.93. The fourth-order valence-electron chi connectivity index (χ4n) is 3.72. The minimum Gasteiger partial charge on any atom is -0.395 e. The van der Waals surface area contributed by atoms with Crippen LogP contribution in [0.25, 0.3) is 11.3 Å². The van der Waals surface area contributed by atoms with Crippen molar-refractivity contribution in [2.75, 3.05) is 37.9 Å². The van der Waals surface area contributed by atoms with Gasteiger partial charge in [-0.25, -0.2) is 9.97 Å². The number of amides is 1. The first-order valence-electron chi connectivity index (χ1n) is 10.1. The van der Waals surface area contributed by atoms with Gasteiger partial charge in [-0.15, -0.1) is 0 Å². The lowest BCUT2D eigenvalue weighted by Gasteiger charge is -2.21. The van der Waals surface area contributed by atoms with Crippen molar-refractivity contribution in [3.63, 3.8) is 0 Å². The van der Waals surface area contributed by atoms with E-state index < -0.39 is 5.41 Å². The van der Waals surface area contributed by atoms with Crippen molar-refractivity contribution in [1.29, 1.82) is 5.26 Å². The summed E-state index contributed by atoms with van der Waals surface area (Å²) in [6.07, 6.45) is 1.61. The molecule has 0 bridgehead atoms. The Morgan fingerprint density at radius 3 is 2.88 bits per heavy atom. The quantitative estimate of drug-likeness (QED) is 0.557. The summed E-state index contributed by atoms with van der Waals surface area (Å²) in [5.74, 6) is 0.593. The molecule has 1 aliphatic heterocycles. The summed E-state index contributed by atoms with van der Waals surface area (Å²) in [7, 11) is 5.05. The summed E-state index contributed by atoms with van der Waals surface area (Å²) in [6, 6.07) is 9.35. The Balaban J connectivity index is 1.68. The molecule has 1 aromatic carbocycles. The molecule has 32 heavy (non-hydrogen) atoms. The first kappa shape index (κ1) is 21.3. The molecule has 0 spiro atoms. The van der Waals surface area contributed by atoms with Gasteiger partial charge in [0.15, 0.2) is 5.82 Å². The zero-order valence-electron chi connectivity index (χ0n) is 18.3. The number of aryl methyl sites for hydroxylation is 1. The Labute approximate surface area is 185 Å². The SMILES string of the molecule is CN(C)C(=O)c1cc(Nc2nccc(-c3cc(C#N)c4c(c3)[C@@](C)(CO)CN4)n2)nn1C. The maximum Gasteiger partial charge on any atom is 0.271 e. The fraction of sp³-hybridized carbons (Fsp3) is 0.318. The molecular formula is C22H24N8O2. The molecule has 4 rings (SSSR count). The summed E-state index contributed by atoms with van der Waals surface area (Å²) in [5.41, 5.74) is 3.47. The molecule has 1 amide bonds. The zero-order chi connectivity index (χ0) is 23.0. The van der Waals surface area contributed by atoms with E-state index in [2.05, 4.69) is 31.8 Å². The third-order valence-corrected chi connectivity index (χ3v) is 5.61. The number of aromatic nitrogens is 4. The molecular weight excluding hydrogens is 408 g/mol. The molecule has 3 N–H and O–H groups in total. The average molecular weight is 432 g/mol. The monoisotopic (exact) mass is 432 g/mol. The van der Waals surface area contributed by atoms with E-state index >= 15 is 0 Å². The van der Waals surface area contributed by atoms with Gasteiger partial charge in [0.1, 0.15) is 11.8 Å². The van der Waals surface area contributed by atoms with Crippen LogP contribution in [0.15, 0.2) is 30.5 Å². The van der Waals surface area contributed by atoms with Crippen molar-refractivity contribution < 1.29 is 9.90 Å². The molecule has 0 saturated heterocycles. The molecule has 3 aromatic rings. The molecule has 1 atom stereocenters. The second-order valence-electron chi connectivity index (χ2n) is 8.26. The van der Waals surface area contributed by atoms with Gasteiger partial charge >= 0.3 is 0 Å². The highest BCUT2D eigenvalue weighted by Crippen LogP contribution is 2.41. The Morgan fingerprint density at radius 2 is 2.19 bits per heavy atom. The molecule has 2 aromatic heterocycles. The number of aliphatic hydroxyl groups excluding tert-OH is 1. The zero-order valence-corrected chi connectivity index (χ0v) is 18.3. The van der Waals surface area contributed by atoms with E-state index in [9.17, 15) is 15.2 Å². The minimum atomic E-state index is -0.478. The Bertz CT molecular complexity index is 1240. The number of carbonyl (C=O) groups is 1. The van der Waals surface area contributed by atoms with Crippen LogP contribution in [0, 0.1) is 11.3 Å². The Morgan fingerprint density at radius 1 is 1.41 bits per heavy atom. The summed E-state index contributed by atoms with van der Waals surface area (Å²) >= 11 is 0. The third-order valence-electron chi connectivity index (χ3n) is 5.61. The second-order valence-corrected chi connectivity index (χ2v) is 8.26. The fourth-order valence-corrected chi connectivity index (χ4v) is 3.72. The standard InChI is InChI=1S/C22H24N8O2/c1-22(12-31)11-25-19-14(10-23)7-13(8-15(19)22)16-5-6-24-21(26-16)27-18-9-17(30(4)28-18)20(32)29(2)3/h5-9,25,31H,11-12H2,1-4H3,(H,24,26,27,28)/t22-/m1/s1. The van der Waals surface area contributed by atoms with Crippen LogP contribution in [0.1, 0.15) is 28.5 Å². The summed E-state index contributed by atoms with van der Waals surface area (Å²) in [6.45, 7) is 2.48. The molecule has 0 unspecified atom stereocenters. The van der Waals surface area contributed by atoms with Crippen molar-refractivity contribution in [1.82, 2.24) is 24.6 Å². The van der Waals surface area contributed by atoms with Crippen LogP contribution in [0.5, 0.6) is 0 Å². The van der Waals surface area contributed by atoms with Gasteiger partial charge in [-0.2, -0.15) is 10.4 Å². The van der Waals surface area contributed by atoms with Crippen molar-refractivity contribution >= 4 is 23.4 Å². The van der Waals surface area contributed by atoms with Gasteiger partial charge in [0.05, 0.1) is 23.6 Å². The predicted octanol–water partition coefficient (Wildman–Crippen LogP) is 1.87. The normalized spacial score (nSPS) is 16.8. The largest absolute Gasteiger partial charge is 0.395 e. The Kier molecular flexibility index (Phi) is 5.28. The van der Waals surface area contributed by atoms with Gasteiger partial charge in [-0.05, 0) is 23.8 Å². The van der Waals surface area contributed by atoms with Crippen LogP contribution in [0.3, 0.4) is 0 Å². The van der Waals surface area contributed by atoms with Crippen LogP contribution in [0.2, 0.25) is 0 Å². The van der Waals surface area contributed by atoms with Crippen LogP contribution in [-0.2, 0) is 12.5 Å². The molecule has 0 radical (unpaired) electrons. The highest BCUT2D eigenvalue weighted by Gasteiger charge is 2.36. The lowest BCUT2D eigenvalue weighted by Crippen LogP contribution is -2.28. The molecule has 3 heterocycles. The Hall–Kier alpha value is -3.97. The van der Waals surface area contributed by atoms with Crippen LogP contribution in [0.4, 0.5) is 17.5 Å².